The van der Waals surface area contributed by atoms with Gasteiger partial charge in [0.1, 0.15) is 5.56 Å². The summed E-state index contributed by atoms with van der Waals surface area (Å²) in [6.07, 6.45) is 6.12. The van der Waals surface area contributed by atoms with Crippen LogP contribution in [-0.2, 0) is 4.74 Å². The molecule has 1 aliphatic heterocycles. The first-order valence-corrected chi connectivity index (χ1v) is 8.45. The highest BCUT2D eigenvalue weighted by Gasteiger charge is 2.36. The highest BCUT2D eigenvalue weighted by atomic mass is 32.1. The Morgan fingerprint density at radius 2 is 2.32 bits per heavy atom. The van der Waals surface area contributed by atoms with Crippen LogP contribution in [0.25, 0.3) is 4.96 Å². The van der Waals surface area contributed by atoms with Crippen molar-refractivity contribution in [1.29, 1.82) is 0 Å². The van der Waals surface area contributed by atoms with Crippen molar-refractivity contribution in [3.8, 4) is 0 Å². The van der Waals surface area contributed by atoms with Gasteiger partial charge in [-0.2, -0.15) is 0 Å². The van der Waals surface area contributed by atoms with E-state index in [4.69, 9.17) is 4.74 Å². The number of hydrogen-bond donors (Lipinski definition) is 0. The molecule has 0 spiro atoms. The number of carbonyl (C=O) groups is 1. The van der Waals surface area contributed by atoms with Crippen LogP contribution in [0.5, 0.6) is 0 Å². The predicted molar refractivity (Wildman–Crippen MR) is 82.3 cm³/mol. The molecule has 0 unspecified atom stereocenters. The maximum Gasteiger partial charge on any atom is 0.271 e. The number of ether oxygens (including phenoxy) is 1. The van der Waals surface area contributed by atoms with Gasteiger partial charge in [-0.1, -0.05) is 0 Å². The van der Waals surface area contributed by atoms with Gasteiger partial charge in [-0.25, -0.2) is 4.98 Å². The number of fused-ring (bicyclic) bond motifs is 1. The van der Waals surface area contributed by atoms with E-state index in [9.17, 15) is 9.59 Å². The Hall–Kier alpha value is -1.73. The molecule has 2 aromatic heterocycles. The van der Waals surface area contributed by atoms with E-state index in [1.54, 1.807) is 11.6 Å². The summed E-state index contributed by atoms with van der Waals surface area (Å²) in [5, 5.41) is 1.80. The highest BCUT2D eigenvalue weighted by molar-refractivity contribution is 7.15. The summed E-state index contributed by atoms with van der Waals surface area (Å²) in [7, 11) is 0. The average molecular weight is 319 g/mol. The molecule has 4 rings (SSSR count). The minimum Gasteiger partial charge on any atom is -0.381 e. The van der Waals surface area contributed by atoms with Crippen molar-refractivity contribution < 1.29 is 9.53 Å². The van der Waals surface area contributed by atoms with Crippen molar-refractivity contribution in [2.75, 3.05) is 19.8 Å². The van der Waals surface area contributed by atoms with Gasteiger partial charge in [0.05, 0.1) is 6.61 Å². The third-order valence-corrected chi connectivity index (χ3v) is 5.07. The first-order valence-electron chi connectivity index (χ1n) is 7.57. The largest absolute Gasteiger partial charge is 0.381 e. The zero-order valence-electron chi connectivity index (χ0n) is 12.1. The maximum absolute atomic E-state index is 12.8. The van der Waals surface area contributed by atoms with Gasteiger partial charge in [-0.05, 0) is 19.3 Å². The van der Waals surface area contributed by atoms with E-state index < -0.39 is 0 Å². The second-order valence-electron chi connectivity index (χ2n) is 5.95. The molecule has 1 saturated heterocycles. The molecule has 1 aliphatic carbocycles. The first-order chi connectivity index (χ1) is 10.7. The normalized spacial score (nSPS) is 21.4. The third kappa shape index (κ3) is 2.44. The molecule has 3 heterocycles. The number of rotatable bonds is 4. The maximum atomic E-state index is 12.8. The lowest BCUT2D eigenvalue weighted by Crippen LogP contribution is -2.40. The van der Waals surface area contributed by atoms with Crippen LogP contribution in [0.3, 0.4) is 0 Å². The standard InChI is InChI=1S/C15H17N3O3S/c19-13-12(7-16-15-17(13)4-6-22-15)14(20)18(11-1-2-11)8-10-3-5-21-9-10/h4,6-7,10-11H,1-3,5,8-9H2/t10-/m0/s1. The van der Waals surface area contributed by atoms with Crippen molar-refractivity contribution in [2.24, 2.45) is 5.92 Å². The lowest BCUT2D eigenvalue weighted by molar-refractivity contribution is 0.0704. The number of nitrogens with zero attached hydrogens (tertiary/aromatic N) is 3. The van der Waals surface area contributed by atoms with Crippen molar-refractivity contribution in [3.05, 3.63) is 33.7 Å². The molecule has 7 heteroatoms. The summed E-state index contributed by atoms with van der Waals surface area (Å²) in [5.41, 5.74) is -0.105. The molecule has 22 heavy (non-hydrogen) atoms. The summed E-state index contributed by atoms with van der Waals surface area (Å²) >= 11 is 1.39. The van der Waals surface area contributed by atoms with Crippen LogP contribution in [0.1, 0.15) is 29.6 Å². The lowest BCUT2D eigenvalue weighted by atomic mass is 10.1. The molecular formula is C15H17N3O3S. The molecule has 1 amide bonds. The third-order valence-electron chi connectivity index (χ3n) is 4.30. The molecule has 116 valence electrons. The lowest BCUT2D eigenvalue weighted by Gasteiger charge is -2.24. The number of amides is 1. The van der Waals surface area contributed by atoms with Gasteiger partial charge in [-0.3, -0.25) is 14.0 Å². The van der Waals surface area contributed by atoms with Gasteiger partial charge in [0.15, 0.2) is 4.96 Å². The second kappa shape index (κ2) is 5.48. The van der Waals surface area contributed by atoms with Gasteiger partial charge < -0.3 is 9.64 Å². The Balaban J connectivity index is 1.64. The Labute approximate surface area is 131 Å². The smallest absolute Gasteiger partial charge is 0.271 e. The summed E-state index contributed by atoms with van der Waals surface area (Å²) in [4.78, 5) is 32.0. The minimum atomic E-state index is -0.274. The van der Waals surface area contributed by atoms with Crippen LogP contribution >= 0.6 is 11.3 Å². The Kier molecular flexibility index (Phi) is 3.46. The molecule has 6 nitrogen and oxygen atoms in total. The number of hydrogen-bond acceptors (Lipinski definition) is 5. The topological polar surface area (TPSA) is 63.9 Å². The fourth-order valence-electron chi connectivity index (χ4n) is 2.92. The van der Waals surface area contributed by atoms with Gasteiger partial charge in [0.2, 0.25) is 0 Å². The van der Waals surface area contributed by atoms with Crippen molar-refractivity contribution in [3.63, 3.8) is 0 Å². The molecule has 0 bridgehead atoms. The molecular weight excluding hydrogens is 302 g/mol. The first kappa shape index (κ1) is 13.9. The van der Waals surface area contributed by atoms with Crippen molar-refractivity contribution in [1.82, 2.24) is 14.3 Å². The molecule has 1 atom stereocenters. The summed E-state index contributed by atoms with van der Waals surface area (Å²) in [5.74, 6) is 0.192. The van der Waals surface area contributed by atoms with E-state index in [-0.39, 0.29) is 23.1 Å². The zero-order chi connectivity index (χ0) is 15.1. The van der Waals surface area contributed by atoms with Crippen LogP contribution in [-0.4, -0.2) is 46.0 Å². The van der Waals surface area contributed by atoms with E-state index in [2.05, 4.69) is 4.98 Å². The summed E-state index contributed by atoms with van der Waals surface area (Å²) in [6.45, 7) is 2.15. The van der Waals surface area contributed by atoms with Gasteiger partial charge in [0, 0.05) is 42.9 Å². The molecule has 2 aromatic rings. The second-order valence-corrected chi connectivity index (χ2v) is 6.82. The Morgan fingerprint density at radius 3 is 3.05 bits per heavy atom. The van der Waals surface area contributed by atoms with Crippen molar-refractivity contribution >= 4 is 22.2 Å². The van der Waals surface area contributed by atoms with Crippen molar-refractivity contribution in [2.45, 2.75) is 25.3 Å². The van der Waals surface area contributed by atoms with Crippen LogP contribution in [0.15, 0.2) is 22.6 Å². The van der Waals surface area contributed by atoms with Gasteiger partial charge >= 0.3 is 0 Å². The Bertz CT molecular complexity index is 759. The molecule has 0 aromatic carbocycles. The fourth-order valence-corrected chi connectivity index (χ4v) is 3.59. The molecule has 0 radical (unpaired) electrons. The monoisotopic (exact) mass is 319 g/mol. The van der Waals surface area contributed by atoms with E-state index in [0.717, 1.165) is 25.9 Å². The number of carbonyl (C=O) groups excluding carboxylic acids is 1. The van der Waals surface area contributed by atoms with E-state index >= 15 is 0 Å². The van der Waals surface area contributed by atoms with E-state index in [0.29, 0.717) is 24.0 Å². The van der Waals surface area contributed by atoms with E-state index in [1.807, 2.05) is 4.90 Å². The quantitative estimate of drug-likeness (QED) is 0.854. The molecule has 0 N–H and O–H groups in total. The van der Waals surface area contributed by atoms with Gasteiger partial charge in [-0.15, -0.1) is 11.3 Å². The van der Waals surface area contributed by atoms with Crippen LogP contribution in [0, 0.1) is 5.92 Å². The number of aromatic nitrogens is 2. The SMILES string of the molecule is O=C(c1cnc2sccn2c1=O)N(C[C@@H]1CCOC1)C1CC1. The molecule has 1 saturated carbocycles. The fraction of sp³-hybridized carbons (Fsp3) is 0.533. The number of thiazole rings is 1. The summed E-state index contributed by atoms with van der Waals surface area (Å²) in [6, 6.07) is 0.274. The molecule has 2 fully saturated rings. The molecule has 2 aliphatic rings. The average Bonchev–Trinajstić information content (AvgIpc) is 3.02. The highest BCUT2D eigenvalue weighted by Crippen LogP contribution is 2.30. The van der Waals surface area contributed by atoms with E-state index in [1.165, 1.54) is 21.9 Å². The minimum absolute atomic E-state index is 0.168. The predicted octanol–water partition coefficient (Wildman–Crippen LogP) is 1.40. The van der Waals surface area contributed by atoms with Gasteiger partial charge in [0.25, 0.3) is 11.5 Å². The summed E-state index contributed by atoms with van der Waals surface area (Å²) < 4.78 is 6.85. The zero-order valence-corrected chi connectivity index (χ0v) is 12.9. The van der Waals surface area contributed by atoms with Crippen LogP contribution in [0.2, 0.25) is 0 Å². The van der Waals surface area contributed by atoms with Crippen LogP contribution < -0.4 is 5.56 Å². The van der Waals surface area contributed by atoms with Crippen LogP contribution in [0.4, 0.5) is 0 Å². The Morgan fingerprint density at radius 1 is 1.45 bits per heavy atom.